The first-order chi connectivity index (χ1) is 6.78. The Bertz CT molecular complexity index is 175. The predicted molar refractivity (Wildman–Crippen MR) is 60.1 cm³/mol. The van der Waals surface area contributed by atoms with E-state index in [2.05, 4.69) is 11.8 Å². The van der Waals surface area contributed by atoms with Gasteiger partial charge in [-0.25, -0.2) is 0 Å². The number of hydrogen-bond donors (Lipinski definition) is 1. The highest BCUT2D eigenvalue weighted by molar-refractivity contribution is 4.83. The molecular formula is C12H24N2. The maximum absolute atomic E-state index is 5.62. The standard InChI is InChI=1S/C12H24N2/c1-10-3-2-4-11(5-10)7-14-8-12(6-13)9-14/h10-12H,2-9,13H2,1H3. The lowest BCUT2D eigenvalue weighted by molar-refractivity contribution is 0.0721. The quantitative estimate of drug-likeness (QED) is 0.744. The maximum atomic E-state index is 5.62. The van der Waals surface area contributed by atoms with Crippen molar-refractivity contribution in [3.63, 3.8) is 0 Å². The van der Waals surface area contributed by atoms with E-state index < -0.39 is 0 Å². The summed E-state index contributed by atoms with van der Waals surface area (Å²) in [6.45, 7) is 7.17. The van der Waals surface area contributed by atoms with Crippen LogP contribution in [0.5, 0.6) is 0 Å². The Labute approximate surface area is 87.8 Å². The molecule has 1 heterocycles. The van der Waals surface area contributed by atoms with E-state index >= 15 is 0 Å². The topological polar surface area (TPSA) is 29.3 Å². The molecular weight excluding hydrogens is 172 g/mol. The van der Waals surface area contributed by atoms with Gasteiger partial charge in [-0.3, -0.25) is 0 Å². The van der Waals surface area contributed by atoms with Crippen LogP contribution in [-0.4, -0.2) is 31.1 Å². The van der Waals surface area contributed by atoms with Crippen molar-refractivity contribution in [3.8, 4) is 0 Å². The molecule has 2 heteroatoms. The van der Waals surface area contributed by atoms with Crippen LogP contribution < -0.4 is 5.73 Å². The van der Waals surface area contributed by atoms with E-state index in [4.69, 9.17) is 5.73 Å². The fourth-order valence-electron chi connectivity index (χ4n) is 3.07. The van der Waals surface area contributed by atoms with Gasteiger partial charge in [0.2, 0.25) is 0 Å². The van der Waals surface area contributed by atoms with Crippen LogP contribution in [0, 0.1) is 17.8 Å². The van der Waals surface area contributed by atoms with Gasteiger partial charge in [-0.05, 0) is 37.1 Å². The zero-order valence-electron chi connectivity index (χ0n) is 9.41. The van der Waals surface area contributed by atoms with Crippen LogP contribution in [0.1, 0.15) is 32.6 Å². The Morgan fingerprint density at radius 2 is 2.00 bits per heavy atom. The Balaban J connectivity index is 1.66. The summed E-state index contributed by atoms with van der Waals surface area (Å²) in [4.78, 5) is 2.60. The minimum Gasteiger partial charge on any atom is -0.330 e. The van der Waals surface area contributed by atoms with Crippen molar-refractivity contribution in [2.24, 2.45) is 23.5 Å². The van der Waals surface area contributed by atoms with Gasteiger partial charge < -0.3 is 10.6 Å². The average Bonchev–Trinajstić information content (AvgIpc) is 2.10. The first-order valence-electron chi connectivity index (χ1n) is 6.20. The summed E-state index contributed by atoms with van der Waals surface area (Å²) in [6.07, 6.45) is 5.85. The smallest absolute Gasteiger partial charge is 0.00342 e. The van der Waals surface area contributed by atoms with Crippen LogP contribution in [0.4, 0.5) is 0 Å². The predicted octanol–water partition coefficient (Wildman–Crippen LogP) is 1.70. The molecule has 2 fully saturated rings. The SMILES string of the molecule is CC1CCCC(CN2CC(CN)C2)C1. The number of nitrogens with zero attached hydrogens (tertiary/aromatic N) is 1. The Kier molecular flexibility index (Phi) is 3.45. The average molecular weight is 196 g/mol. The van der Waals surface area contributed by atoms with Crippen LogP contribution in [-0.2, 0) is 0 Å². The molecule has 14 heavy (non-hydrogen) atoms. The molecule has 0 amide bonds. The lowest BCUT2D eigenvalue weighted by Crippen LogP contribution is -2.51. The van der Waals surface area contributed by atoms with Crippen molar-refractivity contribution in [2.75, 3.05) is 26.2 Å². The van der Waals surface area contributed by atoms with E-state index in [1.54, 1.807) is 0 Å². The van der Waals surface area contributed by atoms with E-state index in [0.29, 0.717) is 0 Å². The van der Waals surface area contributed by atoms with Gasteiger partial charge in [-0.1, -0.05) is 19.8 Å². The monoisotopic (exact) mass is 196 g/mol. The number of nitrogens with two attached hydrogens (primary N) is 1. The van der Waals surface area contributed by atoms with Gasteiger partial charge in [-0.15, -0.1) is 0 Å². The third-order valence-electron chi connectivity index (χ3n) is 3.93. The van der Waals surface area contributed by atoms with Gasteiger partial charge in [0.1, 0.15) is 0 Å². The van der Waals surface area contributed by atoms with E-state index in [0.717, 1.165) is 24.3 Å². The molecule has 0 radical (unpaired) electrons. The normalized spacial score (nSPS) is 35.6. The van der Waals surface area contributed by atoms with Crippen molar-refractivity contribution < 1.29 is 0 Å². The third-order valence-corrected chi connectivity index (χ3v) is 3.93. The first kappa shape index (κ1) is 10.4. The summed E-state index contributed by atoms with van der Waals surface area (Å²) in [5.74, 6) is 2.76. The van der Waals surface area contributed by atoms with Crippen LogP contribution >= 0.6 is 0 Å². The molecule has 0 aromatic carbocycles. The minimum absolute atomic E-state index is 0.802. The van der Waals surface area contributed by atoms with E-state index in [1.807, 2.05) is 0 Å². The Morgan fingerprint density at radius 3 is 2.64 bits per heavy atom. The summed E-state index contributed by atoms with van der Waals surface area (Å²) in [5.41, 5.74) is 5.62. The van der Waals surface area contributed by atoms with Crippen LogP contribution in [0.2, 0.25) is 0 Å². The Hall–Kier alpha value is -0.0800. The Morgan fingerprint density at radius 1 is 1.21 bits per heavy atom. The van der Waals surface area contributed by atoms with Gasteiger partial charge in [0.05, 0.1) is 0 Å². The van der Waals surface area contributed by atoms with E-state index in [9.17, 15) is 0 Å². The fourth-order valence-corrected chi connectivity index (χ4v) is 3.07. The highest BCUT2D eigenvalue weighted by Crippen LogP contribution is 2.30. The second-order valence-corrected chi connectivity index (χ2v) is 5.46. The summed E-state index contributed by atoms with van der Waals surface area (Å²) in [7, 11) is 0. The van der Waals surface area contributed by atoms with Crippen LogP contribution in [0.25, 0.3) is 0 Å². The van der Waals surface area contributed by atoms with E-state index in [1.165, 1.54) is 45.3 Å². The molecule has 0 aromatic heterocycles. The first-order valence-corrected chi connectivity index (χ1v) is 6.20. The summed E-state index contributed by atoms with van der Waals surface area (Å²) in [6, 6.07) is 0. The molecule has 2 nitrogen and oxygen atoms in total. The van der Waals surface area contributed by atoms with Gasteiger partial charge in [-0.2, -0.15) is 0 Å². The van der Waals surface area contributed by atoms with Gasteiger partial charge in [0.25, 0.3) is 0 Å². The molecule has 0 bridgehead atoms. The minimum atomic E-state index is 0.802. The van der Waals surface area contributed by atoms with Crippen molar-refractivity contribution in [1.82, 2.24) is 4.90 Å². The zero-order chi connectivity index (χ0) is 9.97. The second-order valence-electron chi connectivity index (χ2n) is 5.46. The van der Waals surface area contributed by atoms with Crippen LogP contribution in [0.3, 0.4) is 0 Å². The molecule has 2 unspecified atom stereocenters. The number of rotatable bonds is 3. The highest BCUT2D eigenvalue weighted by atomic mass is 15.2. The molecule has 82 valence electrons. The van der Waals surface area contributed by atoms with Gasteiger partial charge in [0.15, 0.2) is 0 Å². The summed E-state index contributed by atoms with van der Waals surface area (Å²) >= 11 is 0. The maximum Gasteiger partial charge on any atom is 0.00342 e. The molecule has 0 aromatic rings. The van der Waals surface area contributed by atoms with Crippen molar-refractivity contribution in [2.45, 2.75) is 32.6 Å². The molecule has 1 saturated carbocycles. The fraction of sp³-hybridized carbons (Fsp3) is 1.00. The molecule has 1 saturated heterocycles. The largest absolute Gasteiger partial charge is 0.330 e. The van der Waals surface area contributed by atoms with Crippen LogP contribution in [0.15, 0.2) is 0 Å². The van der Waals surface area contributed by atoms with E-state index in [-0.39, 0.29) is 0 Å². The highest BCUT2D eigenvalue weighted by Gasteiger charge is 2.28. The number of likely N-dealkylation sites (tertiary alicyclic amines) is 1. The molecule has 1 aliphatic heterocycles. The van der Waals surface area contributed by atoms with Crippen molar-refractivity contribution in [1.29, 1.82) is 0 Å². The molecule has 2 rings (SSSR count). The lowest BCUT2D eigenvalue weighted by Gasteiger charge is -2.42. The lowest BCUT2D eigenvalue weighted by atomic mass is 9.81. The number of hydrogen-bond acceptors (Lipinski definition) is 2. The molecule has 0 spiro atoms. The van der Waals surface area contributed by atoms with Crippen molar-refractivity contribution >= 4 is 0 Å². The van der Waals surface area contributed by atoms with Gasteiger partial charge >= 0.3 is 0 Å². The van der Waals surface area contributed by atoms with Crippen molar-refractivity contribution in [3.05, 3.63) is 0 Å². The zero-order valence-corrected chi connectivity index (χ0v) is 9.41. The molecule has 1 aliphatic carbocycles. The summed E-state index contributed by atoms with van der Waals surface area (Å²) in [5, 5.41) is 0. The molecule has 2 aliphatic rings. The third kappa shape index (κ3) is 2.48. The molecule has 2 N–H and O–H groups in total. The summed E-state index contributed by atoms with van der Waals surface area (Å²) < 4.78 is 0. The second kappa shape index (κ2) is 4.63. The molecule has 2 atom stereocenters. The van der Waals surface area contributed by atoms with Gasteiger partial charge in [0, 0.05) is 19.6 Å².